The van der Waals surface area contributed by atoms with Crippen molar-refractivity contribution in [3.8, 4) is 11.1 Å². The van der Waals surface area contributed by atoms with Crippen LogP contribution in [0, 0.1) is 6.33 Å². The summed E-state index contributed by atoms with van der Waals surface area (Å²) in [5.74, 6) is 0. The zero-order valence-electron chi connectivity index (χ0n) is 9.49. The van der Waals surface area contributed by atoms with Gasteiger partial charge in [-0.15, -0.1) is 0 Å². The number of nitrogens with one attached hydrogen (secondary N) is 1. The first kappa shape index (κ1) is 11.7. The Bertz CT molecular complexity index is 714. The molecule has 0 aliphatic carbocycles. The van der Waals surface area contributed by atoms with Gasteiger partial charge in [-0.05, 0) is 23.8 Å². The minimum Gasteiger partial charge on any atom is -0.320 e. The Balaban J connectivity index is 2.01. The van der Waals surface area contributed by atoms with Crippen LogP contribution in [-0.2, 0) is 6.18 Å². The maximum absolute atomic E-state index is 12.5. The van der Waals surface area contributed by atoms with E-state index in [0.717, 1.165) is 12.1 Å². The first-order chi connectivity index (χ1) is 9.04. The highest BCUT2D eigenvalue weighted by molar-refractivity contribution is 5.77. The van der Waals surface area contributed by atoms with Gasteiger partial charge in [0.1, 0.15) is 5.52 Å². The second kappa shape index (κ2) is 4.08. The molecule has 1 aromatic carbocycles. The van der Waals surface area contributed by atoms with Crippen molar-refractivity contribution in [3.63, 3.8) is 0 Å². The maximum Gasteiger partial charge on any atom is 0.416 e. The van der Waals surface area contributed by atoms with Crippen LogP contribution in [0.5, 0.6) is 0 Å². The van der Waals surface area contributed by atoms with Crippen LogP contribution >= 0.6 is 0 Å². The number of alkyl halides is 3. The lowest BCUT2D eigenvalue weighted by Crippen LogP contribution is -2.03. The van der Waals surface area contributed by atoms with Gasteiger partial charge < -0.3 is 4.98 Å². The van der Waals surface area contributed by atoms with Crippen molar-refractivity contribution in [3.05, 3.63) is 48.4 Å². The number of aromatic nitrogens is 3. The van der Waals surface area contributed by atoms with Crippen molar-refractivity contribution in [2.45, 2.75) is 6.18 Å². The number of nitrogens with zero attached hydrogens (tertiary/aromatic N) is 2. The van der Waals surface area contributed by atoms with E-state index in [2.05, 4.69) is 21.3 Å². The van der Waals surface area contributed by atoms with E-state index in [1.165, 1.54) is 12.1 Å². The van der Waals surface area contributed by atoms with E-state index in [-0.39, 0.29) is 0 Å². The highest BCUT2D eigenvalue weighted by atomic mass is 19.4. The molecule has 0 fully saturated rings. The average Bonchev–Trinajstić information content (AvgIpc) is 2.85. The molecule has 3 nitrogen and oxygen atoms in total. The summed E-state index contributed by atoms with van der Waals surface area (Å²) in [6.07, 6.45) is -0.182. The monoisotopic (exact) mass is 262 g/mol. The number of rotatable bonds is 1. The molecule has 6 heteroatoms. The lowest BCUT2D eigenvalue weighted by atomic mass is 10.1. The molecule has 3 aromatic rings. The quantitative estimate of drug-likeness (QED) is 0.729. The van der Waals surface area contributed by atoms with Crippen LogP contribution in [0.4, 0.5) is 13.2 Å². The lowest BCUT2D eigenvalue weighted by Gasteiger charge is -2.07. The van der Waals surface area contributed by atoms with E-state index in [4.69, 9.17) is 0 Å². The summed E-state index contributed by atoms with van der Waals surface area (Å²) in [4.78, 5) is 10.8. The standard InChI is InChI=1S/C13H7F3N3/c14-13(15,16)10-3-1-8(2-4-10)9-5-11-12(17-6-9)19-7-18-11/h1-6H,(H,17,18,19). The highest BCUT2D eigenvalue weighted by Gasteiger charge is 2.29. The maximum atomic E-state index is 12.5. The SMILES string of the molecule is FC(F)(F)c1ccc(-c2cnc3[nH][c]nc3c2)cc1. The highest BCUT2D eigenvalue weighted by Crippen LogP contribution is 2.31. The smallest absolute Gasteiger partial charge is 0.320 e. The molecule has 0 saturated heterocycles. The fourth-order valence-corrected chi connectivity index (χ4v) is 1.79. The van der Waals surface area contributed by atoms with Gasteiger partial charge in [0.25, 0.3) is 0 Å². The lowest BCUT2D eigenvalue weighted by molar-refractivity contribution is -0.137. The Labute approximate surface area is 106 Å². The molecule has 0 bridgehead atoms. The fourth-order valence-electron chi connectivity index (χ4n) is 1.79. The van der Waals surface area contributed by atoms with Gasteiger partial charge in [-0.3, -0.25) is 0 Å². The number of aromatic amines is 1. The summed E-state index contributed by atoms with van der Waals surface area (Å²) in [7, 11) is 0. The molecule has 0 aliphatic heterocycles. The third-order valence-electron chi connectivity index (χ3n) is 2.76. The number of fused-ring (bicyclic) bond motifs is 1. The molecular formula is C13H7F3N3. The Kier molecular flexibility index (Phi) is 2.51. The number of imidazole rings is 1. The third-order valence-corrected chi connectivity index (χ3v) is 2.76. The molecule has 2 heterocycles. The van der Waals surface area contributed by atoms with Gasteiger partial charge >= 0.3 is 6.18 Å². The minimum atomic E-state index is -4.32. The van der Waals surface area contributed by atoms with Gasteiger partial charge in [0.15, 0.2) is 12.0 Å². The molecule has 0 saturated carbocycles. The Morgan fingerprint density at radius 2 is 1.79 bits per heavy atom. The fraction of sp³-hybridized carbons (Fsp3) is 0.0769. The molecule has 2 aromatic heterocycles. The zero-order valence-corrected chi connectivity index (χ0v) is 9.49. The van der Waals surface area contributed by atoms with E-state index < -0.39 is 11.7 Å². The van der Waals surface area contributed by atoms with Gasteiger partial charge in [0.2, 0.25) is 0 Å². The topological polar surface area (TPSA) is 41.6 Å². The van der Waals surface area contributed by atoms with E-state index in [9.17, 15) is 13.2 Å². The molecule has 0 spiro atoms. The largest absolute Gasteiger partial charge is 0.416 e. The Morgan fingerprint density at radius 3 is 2.47 bits per heavy atom. The van der Waals surface area contributed by atoms with Gasteiger partial charge in [-0.25, -0.2) is 9.97 Å². The molecule has 95 valence electrons. The van der Waals surface area contributed by atoms with Crippen LogP contribution in [0.3, 0.4) is 0 Å². The molecular weight excluding hydrogens is 255 g/mol. The second-order valence-corrected chi connectivity index (χ2v) is 4.02. The molecule has 3 rings (SSSR count). The summed E-state index contributed by atoms with van der Waals surface area (Å²) in [5, 5.41) is 0. The Morgan fingerprint density at radius 1 is 1.05 bits per heavy atom. The van der Waals surface area contributed by atoms with Crippen molar-refractivity contribution >= 4 is 11.2 Å². The van der Waals surface area contributed by atoms with Crippen molar-refractivity contribution in [1.29, 1.82) is 0 Å². The number of hydrogen-bond donors (Lipinski definition) is 1. The van der Waals surface area contributed by atoms with E-state index in [0.29, 0.717) is 22.3 Å². The molecule has 0 atom stereocenters. The van der Waals surface area contributed by atoms with E-state index in [1.54, 1.807) is 12.3 Å². The number of hydrogen-bond acceptors (Lipinski definition) is 2. The molecule has 1 N–H and O–H groups in total. The molecule has 0 aliphatic rings. The van der Waals surface area contributed by atoms with Gasteiger partial charge in [-0.1, -0.05) is 12.1 Å². The van der Waals surface area contributed by atoms with Crippen LogP contribution in [0.25, 0.3) is 22.3 Å². The van der Waals surface area contributed by atoms with Gasteiger partial charge in [-0.2, -0.15) is 13.2 Å². The molecule has 0 unspecified atom stereocenters. The predicted molar refractivity (Wildman–Crippen MR) is 63.2 cm³/mol. The van der Waals surface area contributed by atoms with Crippen molar-refractivity contribution < 1.29 is 13.2 Å². The zero-order chi connectivity index (χ0) is 13.5. The summed E-state index contributed by atoms with van der Waals surface area (Å²) >= 11 is 0. The van der Waals surface area contributed by atoms with Crippen LogP contribution in [0.15, 0.2) is 36.5 Å². The molecule has 19 heavy (non-hydrogen) atoms. The first-order valence-electron chi connectivity index (χ1n) is 5.43. The minimum absolute atomic E-state index is 0.593. The summed E-state index contributed by atoms with van der Waals surface area (Å²) < 4.78 is 37.4. The predicted octanol–water partition coefficient (Wildman–Crippen LogP) is 3.44. The van der Waals surface area contributed by atoms with Gasteiger partial charge in [0.05, 0.1) is 5.56 Å². The number of pyridine rings is 1. The average molecular weight is 262 g/mol. The molecule has 1 radical (unpaired) electrons. The molecule has 0 amide bonds. The van der Waals surface area contributed by atoms with E-state index in [1.807, 2.05) is 0 Å². The second-order valence-electron chi connectivity index (χ2n) is 4.02. The van der Waals surface area contributed by atoms with Crippen molar-refractivity contribution in [2.24, 2.45) is 0 Å². The summed E-state index contributed by atoms with van der Waals surface area (Å²) in [6, 6.07) is 6.69. The van der Waals surface area contributed by atoms with Gasteiger partial charge in [0, 0.05) is 11.8 Å². The summed E-state index contributed by atoms with van der Waals surface area (Å²) in [6.45, 7) is 0. The van der Waals surface area contributed by atoms with Crippen molar-refractivity contribution in [2.75, 3.05) is 0 Å². The van der Waals surface area contributed by atoms with Crippen LogP contribution in [0.2, 0.25) is 0 Å². The van der Waals surface area contributed by atoms with Crippen LogP contribution < -0.4 is 0 Å². The van der Waals surface area contributed by atoms with Crippen molar-refractivity contribution in [1.82, 2.24) is 15.0 Å². The summed E-state index contributed by atoms with van der Waals surface area (Å²) in [5.41, 5.74) is 1.92. The number of H-pyrrole nitrogens is 1. The van der Waals surface area contributed by atoms with E-state index >= 15 is 0 Å². The third kappa shape index (κ3) is 2.16. The van der Waals surface area contributed by atoms with Crippen LogP contribution in [0.1, 0.15) is 5.56 Å². The number of halogens is 3. The first-order valence-corrected chi connectivity index (χ1v) is 5.43. The number of benzene rings is 1. The Hall–Kier alpha value is -2.37. The normalized spacial score (nSPS) is 11.9. The van der Waals surface area contributed by atoms with Crippen LogP contribution in [-0.4, -0.2) is 15.0 Å².